The molecule has 1 heterocycles. The summed E-state index contributed by atoms with van der Waals surface area (Å²) in [5, 5.41) is 2.87. The van der Waals surface area contributed by atoms with Crippen LogP contribution in [-0.4, -0.2) is 32.6 Å². The summed E-state index contributed by atoms with van der Waals surface area (Å²) < 4.78 is 10.5. The lowest BCUT2D eigenvalue weighted by Crippen LogP contribution is -2.28. The fourth-order valence-electron chi connectivity index (χ4n) is 3.17. The van der Waals surface area contributed by atoms with E-state index in [1.165, 1.54) is 12.7 Å². The van der Waals surface area contributed by atoms with E-state index < -0.39 is 5.92 Å². The van der Waals surface area contributed by atoms with Crippen LogP contribution in [0.5, 0.6) is 11.5 Å². The van der Waals surface area contributed by atoms with Crippen molar-refractivity contribution >= 4 is 23.2 Å². The number of carbonyl (C=O) groups is 2. The van der Waals surface area contributed by atoms with E-state index in [4.69, 9.17) is 9.47 Å². The van der Waals surface area contributed by atoms with E-state index in [2.05, 4.69) is 5.32 Å². The second kappa shape index (κ2) is 7.70. The highest BCUT2D eigenvalue weighted by Crippen LogP contribution is 2.31. The minimum atomic E-state index is -0.421. The number of rotatable bonds is 5. The van der Waals surface area contributed by atoms with Crippen molar-refractivity contribution < 1.29 is 19.1 Å². The molecule has 0 radical (unpaired) electrons. The molecule has 27 heavy (non-hydrogen) atoms. The number of aryl methyl sites for hydroxylation is 2. The zero-order valence-electron chi connectivity index (χ0n) is 16.0. The summed E-state index contributed by atoms with van der Waals surface area (Å²) >= 11 is 0. The van der Waals surface area contributed by atoms with Crippen LogP contribution < -0.4 is 19.7 Å². The molecule has 0 spiro atoms. The molecule has 6 nitrogen and oxygen atoms in total. The van der Waals surface area contributed by atoms with Crippen molar-refractivity contribution in [3.8, 4) is 11.5 Å². The third-order valence-electron chi connectivity index (χ3n) is 4.96. The van der Waals surface area contributed by atoms with Crippen molar-refractivity contribution in [3.05, 3.63) is 47.5 Å². The van der Waals surface area contributed by atoms with Crippen LogP contribution in [0.3, 0.4) is 0 Å². The lowest BCUT2D eigenvalue weighted by atomic mass is 10.1. The van der Waals surface area contributed by atoms with Crippen molar-refractivity contribution in [2.24, 2.45) is 5.92 Å². The molecule has 6 heteroatoms. The van der Waals surface area contributed by atoms with Gasteiger partial charge in [0.15, 0.2) is 0 Å². The summed E-state index contributed by atoms with van der Waals surface area (Å²) in [4.78, 5) is 26.9. The number of methoxy groups -OCH3 is 2. The Morgan fingerprint density at radius 1 is 1.07 bits per heavy atom. The lowest BCUT2D eigenvalue weighted by molar-refractivity contribution is -0.122. The SMILES string of the molecule is COc1ccc(OC)c(NC(=O)C2CC(=O)N(c3ccc(C)c(C)c3)C2)c1. The van der Waals surface area contributed by atoms with Gasteiger partial charge in [0.1, 0.15) is 11.5 Å². The Bertz CT molecular complexity index is 878. The maximum absolute atomic E-state index is 12.7. The zero-order valence-corrected chi connectivity index (χ0v) is 16.0. The topological polar surface area (TPSA) is 67.9 Å². The van der Waals surface area contributed by atoms with Crippen molar-refractivity contribution in [3.63, 3.8) is 0 Å². The quantitative estimate of drug-likeness (QED) is 0.879. The summed E-state index contributed by atoms with van der Waals surface area (Å²) in [6, 6.07) is 11.1. The Balaban J connectivity index is 1.75. The standard InChI is InChI=1S/C21H24N2O4/c1-13-5-6-16(9-14(13)2)23-12-15(10-20(23)24)21(25)22-18-11-17(26-3)7-8-19(18)27-4/h5-9,11,15H,10,12H2,1-4H3,(H,22,25). The Kier molecular flexibility index (Phi) is 5.35. The normalized spacial score (nSPS) is 16.4. The molecule has 2 amide bonds. The van der Waals surface area contributed by atoms with Gasteiger partial charge in [-0.15, -0.1) is 0 Å². The first-order chi connectivity index (χ1) is 12.9. The maximum atomic E-state index is 12.7. The van der Waals surface area contributed by atoms with Gasteiger partial charge in [-0.25, -0.2) is 0 Å². The highest BCUT2D eigenvalue weighted by Gasteiger charge is 2.35. The van der Waals surface area contributed by atoms with Crippen molar-refractivity contribution in [2.45, 2.75) is 20.3 Å². The molecule has 1 aliphatic heterocycles. The molecule has 1 N–H and O–H groups in total. The molecule has 1 fully saturated rings. The first-order valence-corrected chi connectivity index (χ1v) is 8.83. The summed E-state index contributed by atoms with van der Waals surface area (Å²) in [6.07, 6.45) is 0.186. The molecule has 142 valence electrons. The molecule has 0 aliphatic carbocycles. The van der Waals surface area contributed by atoms with E-state index in [-0.39, 0.29) is 18.2 Å². The van der Waals surface area contributed by atoms with Gasteiger partial charge >= 0.3 is 0 Å². The van der Waals surface area contributed by atoms with Crippen molar-refractivity contribution in [1.29, 1.82) is 0 Å². The highest BCUT2D eigenvalue weighted by molar-refractivity contribution is 6.04. The van der Waals surface area contributed by atoms with E-state index in [1.54, 1.807) is 30.2 Å². The van der Waals surface area contributed by atoms with Gasteiger partial charge in [-0.05, 0) is 49.2 Å². The van der Waals surface area contributed by atoms with Gasteiger partial charge in [0, 0.05) is 24.7 Å². The summed E-state index contributed by atoms with van der Waals surface area (Å²) in [7, 11) is 3.10. The fourth-order valence-corrected chi connectivity index (χ4v) is 3.17. The molecule has 1 saturated heterocycles. The average molecular weight is 368 g/mol. The number of ether oxygens (including phenoxy) is 2. The zero-order chi connectivity index (χ0) is 19.6. The predicted molar refractivity (Wildman–Crippen MR) is 105 cm³/mol. The monoisotopic (exact) mass is 368 g/mol. The van der Waals surface area contributed by atoms with Gasteiger partial charge in [0.2, 0.25) is 11.8 Å². The van der Waals surface area contributed by atoms with Gasteiger partial charge < -0.3 is 19.7 Å². The predicted octanol–water partition coefficient (Wildman–Crippen LogP) is 3.31. The molecule has 0 aromatic heterocycles. The minimum Gasteiger partial charge on any atom is -0.497 e. The Labute approximate surface area is 159 Å². The Hall–Kier alpha value is -3.02. The van der Waals surface area contributed by atoms with E-state index in [9.17, 15) is 9.59 Å². The highest BCUT2D eigenvalue weighted by atomic mass is 16.5. The molecule has 3 rings (SSSR count). The summed E-state index contributed by atoms with van der Waals surface area (Å²) in [5.41, 5.74) is 3.65. The molecule has 2 aromatic rings. The smallest absolute Gasteiger partial charge is 0.229 e. The molecular formula is C21H24N2O4. The molecule has 0 bridgehead atoms. The van der Waals surface area contributed by atoms with Crippen LogP contribution in [-0.2, 0) is 9.59 Å². The van der Waals surface area contributed by atoms with Crippen LogP contribution in [0.4, 0.5) is 11.4 Å². The number of amides is 2. The molecule has 1 atom stereocenters. The first-order valence-electron chi connectivity index (χ1n) is 8.83. The molecule has 1 unspecified atom stereocenters. The van der Waals surface area contributed by atoms with Crippen LogP contribution in [0.2, 0.25) is 0 Å². The van der Waals surface area contributed by atoms with E-state index in [0.29, 0.717) is 23.7 Å². The largest absolute Gasteiger partial charge is 0.497 e. The number of hydrogen-bond acceptors (Lipinski definition) is 4. The van der Waals surface area contributed by atoms with Gasteiger partial charge in [-0.1, -0.05) is 6.07 Å². The van der Waals surface area contributed by atoms with E-state index in [1.807, 2.05) is 32.0 Å². The van der Waals surface area contributed by atoms with Crippen molar-refractivity contribution in [1.82, 2.24) is 0 Å². The number of anilines is 2. The third-order valence-corrected chi connectivity index (χ3v) is 4.96. The number of benzene rings is 2. The second-order valence-electron chi connectivity index (χ2n) is 6.73. The number of nitrogens with one attached hydrogen (secondary N) is 1. The van der Waals surface area contributed by atoms with Gasteiger partial charge in [0.25, 0.3) is 0 Å². The summed E-state index contributed by atoms with van der Waals surface area (Å²) in [5.74, 6) is 0.483. The van der Waals surface area contributed by atoms with Crippen LogP contribution in [0, 0.1) is 19.8 Å². The Morgan fingerprint density at radius 2 is 1.85 bits per heavy atom. The van der Waals surface area contributed by atoms with Crippen LogP contribution in [0.25, 0.3) is 0 Å². The molecular weight excluding hydrogens is 344 g/mol. The lowest BCUT2D eigenvalue weighted by Gasteiger charge is -2.18. The number of nitrogens with zero attached hydrogens (tertiary/aromatic N) is 1. The molecule has 2 aromatic carbocycles. The molecule has 0 saturated carbocycles. The van der Waals surface area contributed by atoms with Crippen LogP contribution in [0.15, 0.2) is 36.4 Å². The summed E-state index contributed by atoms with van der Waals surface area (Å²) in [6.45, 7) is 4.40. The molecule has 1 aliphatic rings. The fraction of sp³-hybridized carbons (Fsp3) is 0.333. The maximum Gasteiger partial charge on any atom is 0.229 e. The van der Waals surface area contributed by atoms with E-state index >= 15 is 0 Å². The second-order valence-corrected chi connectivity index (χ2v) is 6.73. The van der Waals surface area contributed by atoms with Gasteiger partial charge in [-0.3, -0.25) is 9.59 Å². The van der Waals surface area contributed by atoms with Crippen LogP contribution in [0.1, 0.15) is 17.5 Å². The third kappa shape index (κ3) is 3.89. The average Bonchev–Trinajstić information content (AvgIpc) is 3.05. The van der Waals surface area contributed by atoms with Gasteiger partial charge in [-0.2, -0.15) is 0 Å². The van der Waals surface area contributed by atoms with Gasteiger partial charge in [0.05, 0.1) is 25.8 Å². The first kappa shape index (κ1) is 18.8. The van der Waals surface area contributed by atoms with E-state index in [0.717, 1.165) is 11.3 Å². The number of carbonyl (C=O) groups excluding carboxylic acids is 2. The number of hydrogen-bond donors (Lipinski definition) is 1. The minimum absolute atomic E-state index is 0.0454. The Morgan fingerprint density at radius 3 is 2.52 bits per heavy atom. The van der Waals surface area contributed by atoms with Crippen LogP contribution >= 0.6 is 0 Å². The van der Waals surface area contributed by atoms with Crippen molar-refractivity contribution in [2.75, 3.05) is 31.0 Å².